The Morgan fingerprint density at radius 3 is 2.92 bits per heavy atom. The summed E-state index contributed by atoms with van der Waals surface area (Å²) in [7, 11) is 1.82. The maximum absolute atomic E-state index is 12.1. The Labute approximate surface area is 152 Å². The van der Waals surface area contributed by atoms with Crippen molar-refractivity contribution in [2.75, 3.05) is 30.4 Å². The molecule has 0 unspecified atom stereocenters. The van der Waals surface area contributed by atoms with Crippen LogP contribution < -0.4 is 10.2 Å². The summed E-state index contributed by atoms with van der Waals surface area (Å²) in [4.78, 5) is 17.4. The molecule has 0 bridgehead atoms. The van der Waals surface area contributed by atoms with Gasteiger partial charge < -0.3 is 15.1 Å². The van der Waals surface area contributed by atoms with E-state index >= 15 is 0 Å². The molecule has 6 heteroatoms. The van der Waals surface area contributed by atoms with Crippen molar-refractivity contribution in [1.29, 1.82) is 0 Å². The normalized spacial score (nSPS) is 13.0. The van der Waals surface area contributed by atoms with Crippen LogP contribution in [0.2, 0.25) is 4.34 Å². The van der Waals surface area contributed by atoms with Gasteiger partial charge in [-0.3, -0.25) is 0 Å². The summed E-state index contributed by atoms with van der Waals surface area (Å²) in [6.45, 7) is 4.70. The molecule has 1 aliphatic heterocycles. The first-order valence-corrected chi connectivity index (χ1v) is 9.40. The van der Waals surface area contributed by atoms with Crippen molar-refractivity contribution >= 4 is 40.3 Å². The minimum absolute atomic E-state index is 0.0557. The summed E-state index contributed by atoms with van der Waals surface area (Å²) in [5, 5.41) is 2.98. The minimum atomic E-state index is -0.0557. The molecule has 2 aromatic rings. The van der Waals surface area contributed by atoms with Gasteiger partial charge in [-0.1, -0.05) is 18.5 Å². The molecule has 2 heterocycles. The van der Waals surface area contributed by atoms with E-state index in [0.717, 1.165) is 42.5 Å². The molecule has 24 heavy (non-hydrogen) atoms. The highest BCUT2D eigenvalue weighted by Gasteiger charge is 2.20. The molecular formula is C18H22ClN3OS. The molecule has 4 nitrogen and oxygen atoms in total. The van der Waals surface area contributed by atoms with Gasteiger partial charge in [-0.2, -0.15) is 0 Å². The first-order valence-electron chi connectivity index (χ1n) is 8.21. The second-order valence-corrected chi connectivity index (χ2v) is 7.87. The number of hydrogen-bond donors (Lipinski definition) is 1. The van der Waals surface area contributed by atoms with Crippen LogP contribution in [0.25, 0.3) is 0 Å². The highest BCUT2D eigenvalue weighted by molar-refractivity contribution is 7.16. The van der Waals surface area contributed by atoms with Crippen LogP contribution in [0.3, 0.4) is 0 Å². The number of amides is 2. The summed E-state index contributed by atoms with van der Waals surface area (Å²) in [5.41, 5.74) is 3.40. The SMILES string of the molecule is CCCN(C)C(=O)Nc1ccc2c(c1)CCN2Cc1ccc(Cl)s1. The molecule has 2 amide bonds. The van der Waals surface area contributed by atoms with Gasteiger partial charge in [0.2, 0.25) is 0 Å². The number of nitrogens with zero attached hydrogens (tertiary/aromatic N) is 2. The zero-order chi connectivity index (χ0) is 17.1. The molecule has 0 fully saturated rings. The van der Waals surface area contributed by atoms with E-state index in [1.165, 1.54) is 16.1 Å². The van der Waals surface area contributed by atoms with Crippen LogP contribution in [-0.4, -0.2) is 31.1 Å². The van der Waals surface area contributed by atoms with E-state index in [1.54, 1.807) is 16.2 Å². The lowest BCUT2D eigenvalue weighted by Gasteiger charge is -2.19. The van der Waals surface area contributed by atoms with Gasteiger partial charge in [0, 0.05) is 36.4 Å². The minimum Gasteiger partial charge on any atom is -0.366 e. The summed E-state index contributed by atoms with van der Waals surface area (Å²) in [5.74, 6) is 0. The predicted molar refractivity (Wildman–Crippen MR) is 102 cm³/mol. The molecule has 0 aliphatic carbocycles. The van der Waals surface area contributed by atoms with E-state index in [-0.39, 0.29) is 6.03 Å². The summed E-state index contributed by atoms with van der Waals surface area (Å²) >= 11 is 7.65. The molecule has 0 saturated carbocycles. The van der Waals surface area contributed by atoms with Crippen molar-refractivity contribution in [1.82, 2.24) is 4.90 Å². The molecule has 1 aromatic carbocycles. The molecule has 1 N–H and O–H groups in total. The first-order chi connectivity index (χ1) is 11.6. The van der Waals surface area contributed by atoms with Gasteiger partial charge in [0.05, 0.1) is 10.9 Å². The zero-order valence-electron chi connectivity index (χ0n) is 14.0. The number of nitrogens with one attached hydrogen (secondary N) is 1. The fourth-order valence-corrected chi connectivity index (χ4v) is 4.10. The fraction of sp³-hybridized carbons (Fsp3) is 0.389. The monoisotopic (exact) mass is 363 g/mol. The average molecular weight is 364 g/mol. The number of benzene rings is 1. The molecule has 0 spiro atoms. The molecule has 0 atom stereocenters. The Balaban J connectivity index is 1.68. The highest BCUT2D eigenvalue weighted by Crippen LogP contribution is 2.33. The number of anilines is 2. The Bertz CT molecular complexity index is 731. The van der Waals surface area contributed by atoms with Crippen molar-refractivity contribution in [2.24, 2.45) is 0 Å². The van der Waals surface area contributed by atoms with Crippen LogP contribution >= 0.6 is 22.9 Å². The second-order valence-electron chi connectivity index (χ2n) is 6.07. The van der Waals surface area contributed by atoms with E-state index in [9.17, 15) is 4.79 Å². The Morgan fingerprint density at radius 1 is 1.38 bits per heavy atom. The van der Waals surface area contributed by atoms with E-state index in [2.05, 4.69) is 35.3 Å². The van der Waals surface area contributed by atoms with Crippen molar-refractivity contribution < 1.29 is 4.79 Å². The summed E-state index contributed by atoms with van der Waals surface area (Å²) in [6.07, 6.45) is 1.96. The highest BCUT2D eigenvalue weighted by atomic mass is 35.5. The Morgan fingerprint density at radius 2 is 2.21 bits per heavy atom. The number of hydrogen-bond acceptors (Lipinski definition) is 3. The van der Waals surface area contributed by atoms with Gasteiger partial charge in [-0.25, -0.2) is 4.79 Å². The van der Waals surface area contributed by atoms with Crippen molar-refractivity contribution in [3.63, 3.8) is 0 Å². The fourth-order valence-electron chi connectivity index (χ4n) is 2.99. The van der Waals surface area contributed by atoms with Crippen molar-refractivity contribution in [2.45, 2.75) is 26.3 Å². The molecule has 1 aromatic heterocycles. The number of carbonyl (C=O) groups is 1. The average Bonchev–Trinajstić information content (AvgIpc) is 3.14. The van der Waals surface area contributed by atoms with Gasteiger partial charge in [0.25, 0.3) is 0 Å². The van der Waals surface area contributed by atoms with E-state index in [0.29, 0.717) is 0 Å². The zero-order valence-corrected chi connectivity index (χ0v) is 15.6. The van der Waals surface area contributed by atoms with E-state index < -0.39 is 0 Å². The van der Waals surface area contributed by atoms with E-state index in [1.807, 2.05) is 19.2 Å². The first kappa shape index (κ1) is 17.1. The van der Waals surface area contributed by atoms with Crippen LogP contribution in [0.1, 0.15) is 23.8 Å². The molecule has 1 aliphatic rings. The lowest BCUT2D eigenvalue weighted by atomic mass is 10.1. The molecule has 0 radical (unpaired) electrons. The topological polar surface area (TPSA) is 35.6 Å². The van der Waals surface area contributed by atoms with Gasteiger partial charge in [0.1, 0.15) is 0 Å². The second kappa shape index (κ2) is 7.45. The number of carbonyl (C=O) groups excluding carboxylic acids is 1. The van der Waals surface area contributed by atoms with Crippen molar-refractivity contribution in [3.05, 3.63) is 45.1 Å². The maximum atomic E-state index is 12.1. The Hall–Kier alpha value is -1.72. The van der Waals surface area contributed by atoms with Gasteiger partial charge >= 0.3 is 6.03 Å². The van der Waals surface area contributed by atoms with Crippen molar-refractivity contribution in [3.8, 4) is 0 Å². The summed E-state index contributed by atoms with van der Waals surface area (Å²) < 4.78 is 0.832. The number of halogens is 1. The lowest BCUT2D eigenvalue weighted by Crippen LogP contribution is -2.31. The van der Waals surface area contributed by atoms with Gasteiger partial charge in [-0.15, -0.1) is 11.3 Å². The van der Waals surface area contributed by atoms with Crippen LogP contribution in [0.5, 0.6) is 0 Å². The molecule has 0 saturated heterocycles. The smallest absolute Gasteiger partial charge is 0.321 e. The lowest BCUT2D eigenvalue weighted by molar-refractivity contribution is 0.222. The van der Waals surface area contributed by atoms with E-state index in [4.69, 9.17) is 11.6 Å². The third kappa shape index (κ3) is 3.84. The number of urea groups is 1. The largest absolute Gasteiger partial charge is 0.366 e. The quantitative estimate of drug-likeness (QED) is 0.825. The third-order valence-corrected chi connectivity index (χ3v) is 5.42. The van der Waals surface area contributed by atoms with Crippen LogP contribution in [0.4, 0.5) is 16.2 Å². The van der Waals surface area contributed by atoms with Crippen LogP contribution in [0, 0.1) is 0 Å². The maximum Gasteiger partial charge on any atom is 0.321 e. The van der Waals surface area contributed by atoms with Crippen LogP contribution in [0.15, 0.2) is 30.3 Å². The molecule has 3 rings (SSSR count). The number of rotatable bonds is 5. The van der Waals surface area contributed by atoms with Gasteiger partial charge in [-0.05, 0) is 48.7 Å². The third-order valence-electron chi connectivity index (χ3n) is 4.20. The predicted octanol–water partition coefficient (Wildman–Crippen LogP) is 4.84. The molecular weight excluding hydrogens is 342 g/mol. The molecule has 128 valence electrons. The number of fused-ring (bicyclic) bond motifs is 1. The summed E-state index contributed by atoms with van der Waals surface area (Å²) in [6, 6.07) is 10.2. The van der Waals surface area contributed by atoms with Crippen LogP contribution in [-0.2, 0) is 13.0 Å². The van der Waals surface area contributed by atoms with Gasteiger partial charge in [0.15, 0.2) is 0 Å². The standard InChI is InChI=1S/C18H22ClN3OS/c1-3-9-21(2)18(23)20-14-4-6-16-13(11-14)8-10-22(16)12-15-5-7-17(19)24-15/h4-7,11H,3,8-10,12H2,1-2H3,(H,20,23). The number of thiophene rings is 1. The Kier molecular flexibility index (Phi) is 5.31.